The van der Waals surface area contributed by atoms with Crippen molar-refractivity contribution < 1.29 is 4.79 Å². The number of thiophene rings is 1. The van der Waals surface area contributed by atoms with E-state index in [1.165, 1.54) is 0 Å². The number of hydrogen-bond acceptors (Lipinski definition) is 2. The zero-order chi connectivity index (χ0) is 13.1. The monoisotopic (exact) mass is 387 g/mol. The van der Waals surface area contributed by atoms with Gasteiger partial charge in [0.2, 0.25) is 5.91 Å². The van der Waals surface area contributed by atoms with Crippen molar-refractivity contribution >= 4 is 54.8 Å². The van der Waals surface area contributed by atoms with Gasteiger partial charge in [-0.05, 0) is 58.7 Å². The molecule has 2 rings (SSSR count). The van der Waals surface area contributed by atoms with E-state index in [0.29, 0.717) is 6.42 Å². The molecule has 0 aliphatic rings. The third kappa shape index (κ3) is 3.67. The number of carbonyl (C=O) groups is 1. The molecule has 0 atom stereocenters. The van der Waals surface area contributed by atoms with Gasteiger partial charge >= 0.3 is 0 Å². The van der Waals surface area contributed by atoms with Gasteiger partial charge in [0.1, 0.15) is 0 Å². The summed E-state index contributed by atoms with van der Waals surface area (Å²) in [4.78, 5) is 12.9. The van der Waals surface area contributed by atoms with Crippen LogP contribution in [0.25, 0.3) is 0 Å². The molecule has 2 nitrogen and oxygen atoms in total. The lowest BCUT2D eigenvalue weighted by Gasteiger charge is -2.06. The van der Waals surface area contributed by atoms with E-state index in [-0.39, 0.29) is 5.91 Å². The van der Waals surface area contributed by atoms with Crippen molar-refractivity contribution in [3.05, 3.63) is 49.0 Å². The van der Waals surface area contributed by atoms with Crippen LogP contribution in [-0.4, -0.2) is 5.91 Å². The zero-order valence-electron chi connectivity index (χ0n) is 9.67. The van der Waals surface area contributed by atoms with Crippen molar-refractivity contribution in [1.29, 1.82) is 0 Å². The summed E-state index contributed by atoms with van der Waals surface area (Å²) in [6.07, 6.45) is 0.408. The summed E-state index contributed by atoms with van der Waals surface area (Å²) in [6.45, 7) is 2.00. The number of carbonyl (C=O) groups excluding carboxylic acids is 1. The maximum Gasteiger partial charge on any atom is 0.229 e. The quantitative estimate of drug-likeness (QED) is 0.806. The highest BCUT2D eigenvalue weighted by atomic mass is 79.9. The third-order valence-corrected chi connectivity index (χ3v) is 4.92. The minimum atomic E-state index is 0.00562. The molecule has 18 heavy (non-hydrogen) atoms. The van der Waals surface area contributed by atoms with E-state index < -0.39 is 0 Å². The molecular weight excluding hydrogens is 378 g/mol. The molecule has 0 saturated carbocycles. The fourth-order valence-electron chi connectivity index (χ4n) is 1.53. The van der Waals surface area contributed by atoms with Crippen LogP contribution < -0.4 is 5.32 Å². The SMILES string of the molecule is Cc1cc(NC(=O)Cc2ccc(Br)s2)ccc1Br. The van der Waals surface area contributed by atoms with Gasteiger partial charge in [0.05, 0.1) is 10.2 Å². The molecule has 1 N–H and O–H groups in total. The Kier molecular flexibility index (Phi) is 4.59. The lowest BCUT2D eigenvalue weighted by molar-refractivity contribution is -0.115. The number of nitrogens with one attached hydrogen (secondary N) is 1. The topological polar surface area (TPSA) is 29.1 Å². The van der Waals surface area contributed by atoms with Crippen molar-refractivity contribution in [2.45, 2.75) is 13.3 Å². The van der Waals surface area contributed by atoms with E-state index in [4.69, 9.17) is 0 Å². The van der Waals surface area contributed by atoms with E-state index in [0.717, 1.165) is 24.4 Å². The van der Waals surface area contributed by atoms with Gasteiger partial charge in [0.15, 0.2) is 0 Å². The molecule has 1 amide bonds. The lowest BCUT2D eigenvalue weighted by Crippen LogP contribution is -2.13. The lowest BCUT2D eigenvalue weighted by atomic mass is 10.2. The molecule has 0 aliphatic carbocycles. The Labute approximate surface area is 127 Å². The molecular formula is C13H11Br2NOS. The second-order valence-corrected chi connectivity index (χ2v) is 7.30. The van der Waals surface area contributed by atoms with Crippen LogP contribution in [0.3, 0.4) is 0 Å². The average molecular weight is 389 g/mol. The van der Waals surface area contributed by atoms with E-state index in [2.05, 4.69) is 37.2 Å². The molecule has 1 aromatic carbocycles. The summed E-state index contributed by atoms with van der Waals surface area (Å²) < 4.78 is 2.09. The summed E-state index contributed by atoms with van der Waals surface area (Å²) in [5, 5.41) is 2.90. The number of anilines is 1. The van der Waals surface area contributed by atoms with Crippen LogP contribution in [0.4, 0.5) is 5.69 Å². The standard InChI is InChI=1S/C13H11Br2NOS/c1-8-6-9(2-4-11(8)14)16-13(17)7-10-3-5-12(15)18-10/h2-6H,7H2,1H3,(H,16,17). The van der Waals surface area contributed by atoms with Crippen molar-refractivity contribution in [3.63, 3.8) is 0 Å². The highest BCUT2D eigenvalue weighted by molar-refractivity contribution is 9.11. The highest BCUT2D eigenvalue weighted by Crippen LogP contribution is 2.23. The summed E-state index contributed by atoms with van der Waals surface area (Å²) >= 11 is 8.40. The molecule has 0 bridgehead atoms. The van der Waals surface area contributed by atoms with Crippen LogP contribution >= 0.6 is 43.2 Å². The fourth-order valence-corrected chi connectivity index (χ4v) is 3.26. The number of rotatable bonds is 3. The maximum absolute atomic E-state index is 11.9. The van der Waals surface area contributed by atoms with Crippen molar-refractivity contribution in [2.24, 2.45) is 0 Å². The van der Waals surface area contributed by atoms with Crippen LogP contribution in [0.2, 0.25) is 0 Å². The van der Waals surface area contributed by atoms with Crippen molar-refractivity contribution in [1.82, 2.24) is 0 Å². The van der Waals surface area contributed by atoms with Gasteiger partial charge in [-0.1, -0.05) is 15.9 Å². The fraction of sp³-hybridized carbons (Fsp3) is 0.154. The predicted molar refractivity (Wildman–Crippen MR) is 83.2 cm³/mol. The Bertz CT molecular complexity index is 580. The first kappa shape index (κ1) is 13.8. The van der Waals surface area contributed by atoms with Gasteiger partial charge in [0, 0.05) is 15.0 Å². The van der Waals surface area contributed by atoms with Gasteiger partial charge in [0.25, 0.3) is 0 Å². The van der Waals surface area contributed by atoms with E-state index in [9.17, 15) is 4.79 Å². The van der Waals surface area contributed by atoms with Gasteiger partial charge in [-0.2, -0.15) is 0 Å². The Balaban J connectivity index is 2.00. The molecule has 94 valence electrons. The predicted octanol–water partition coefficient (Wildman–Crippen LogP) is 4.76. The number of benzene rings is 1. The van der Waals surface area contributed by atoms with Gasteiger partial charge < -0.3 is 5.32 Å². The molecule has 0 fully saturated rings. The zero-order valence-corrected chi connectivity index (χ0v) is 13.7. The average Bonchev–Trinajstić information content (AvgIpc) is 2.69. The Morgan fingerprint density at radius 3 is 2.67 bits per heavy atom. The second-order valence-electron chi connectivity index (χ2n) is 3.89. The molecule has 2 aromatic rings. The largest absolute Gasteiger partial charge is 0.326 e. The Hall–Kier alpha value is -0.650. The minimum absolute atomic E-state index is 0.00562. The summed E-state index contributed by atoms with van der Waals surface area (Å²) in [5.74, 6) is 0.00562. The second kappa shape index (κ2) is 5.99. The first-order valence-corrected chi connectivity index (χ1v) is 7.75. The molecule has 0 unspecified atom stereocenters. The van der Waals surface area contributed by atoms with Gasteiger partial charge in [-0.15, -0.1) is 11.3 Å². The molecule has 0 radical (unpaired) electrons. The van der Waals surface area contributed by atoms with E-state index >= 15 is 0 Å². The van der Waals surface area contributed by atoms with Crippen LogP contribution in [0.1, 0.15) is 10.4 Å². The first-order valence-electron chi connectivity index (χ1n) is 5.35. The molecule has 0 saturated heterocycles. The van der Waals surface area contributed by atoms with Crippen molar-refractivity contribution in [2.75, 3.05) is 5.32 Å². The van der Waals surface area contributed by atoms with E-state index in [1.807, 2.05) is 37.3 Å². The summed E-state index contributed by atoms with van der Waals surface area (Å²) in [7, 11) is 0. The van der Waals surface area contributed by atoms with Crippen LogP contribution in [0, 0.1) is 6.92 Å². The number of halogens is 2. The minimum Gasteiger partial charge on any atom is -0.326 e. The maximum atomic E-state index is 11.9. The molecule has 1 aromatic heterocycles. The molecule has 0 spiro atoms. The Morgan fingerprint density at radius 1 is 1.28 bits per heavy atom. The Morgan fingerprint density at radius 2 is 2.06 bits per heavy atom. The summed E-state index contributed by atoms with van der Waals surface area (Å²) in [5.41, 5.74) is 1.93. The highest BCUT2D eigenvalue weighted by Gasteiger charge is 2.07. The van der Waals surface area contributed by atoms with E-state index in [1.54, 1.807) is 11.3 Å². The smallest absolute Gasteiger partial charge is 0.229 e. The normalized spacial score (nSPS) is 10.4. The molecule has 5 heteroatoms. The molecule has 0 aliphatic heterocycles. The number of amides is 1. The third-order valence-electron chi connectivity index (χ3n) is 2.41. The van der Waals surface area contributed by atoms with Crippen LogP contribution in [0.5, 0.6) is 0 Å². The number of hydrogen-bond donors (Lipinski definition) is 1. The number of aryl methyl sites for hydroxylation is 1. The van der Waals surface area contributed by atoms with Crippen molar-refractivity contribution in [3.8, 4) is 0 Å². The van der Waals surface area contributed by atoms with Gasteiger partial charge in [-0.25, -0.2) is 0 Å². The van der Waals surface area contributed by atoms with Gasteiger partial charge in [-0.3, -0.25) is 4.79 Å². The first-order chi connectivity index (χ1) is 8.54. The molecule has 1 heterocycles. The van der Waals surface area contributed by atoms with Crippen LogP contribution in [-0.2, 0) is 11.2 Å². The van der Waals surface area contributed by atoms with Crippen LogP contribution in [0.15, 0.2) is 38.6 Å². The summed E-state index contributed by atoms with van der Waals surface area (Å²) in [6, 6.07) is 9.69.